The molecule has 0 saturated heterocycles. The van der Waals surface area contributed by atoms with Crippen LogP contribution >= 0.6 is 31.9 Å². The maximum atomic E-state index is 11.0. The predicted molar refractivity (Wildman–Crippen MR) is 87.0 cm³/mol. The summed E-state index contributed by atoms with van der Waals surface area (Å²) in [5.41, 5.74) is 2.82. The van der Waals surface area contributed by atoms with Gasteiger partial charge in [0.15, 0.2) is 0 Å². The van der Waals surface area contributed by atoms with Crippen molar-refractivity contribution >= 4 is 43.2 Å². The third-order valence-corrected chi connectivity index (χ3v) is 4.25. The van der Waals surface area contributed by atoms with Crippen molar-refractivity contribution in [2.24, 2.45) is 0 Å². The third kappa shape index (κ3) is 3.58. The van der Waals surface area contributed by atoms with Crippen molar-refractivity contribution < 1.29 is 4.92 Å². The Morgan fingerprint density at radius 1 is 1.20 bits per heavy atom. The summed E-state index contributed by atoms with van der Waals surface area (Å²) >= 11 is 6.71. The highest BCUT2D eigenvalue weighted by molar-refractivity contribution is 9.10. The van der Waals surface area contributed by atoms with Gasteiger partial charge in [0.2, 0.25) is 0 Å². The zero-order valence-corrected chi connectivity index (χ0v) is 13.9. The first kappa shape index (κ1) is 15.0. The molecule has 0 atom stereocenters. The fourth-order valence-electron chi connectivity index (χ4n) is 1.76. The van der Waals surface area contributed by atoms with Crippen molar-refractivity contribution in [2.75, 3.05) is 5.32 Å². The highest BCUT2D eigenvalue weighted by Gasteiger charge is 2.13. The Morgan fingerprint density at radius 3 is 2.60 bits per heavy atom. The molecule has 0 aliphatic rings. The number of halogens is 2. The predicted octanol–water partition coefficient (Wildman–Crippen LogP) is 5.04. The van der Waals surface area contributed by atoms with Crippen LogP contribution in [0.4, 0.5) is 11.4 Å². The smallest absolute Gasteiger partial charge is 0.275 e. The van der Waals surface area contributed by atoms with Gasteiger partial charge < -0.3 is 5.32 Å². The highest BCUT2D eigenvalue weighted by Crippen LogP contribution is 2.25. The molecule has 0 unspecified atom stereocenters. The second-order valence-electron chi connectivity index (χ2n) is 4.35. The molecule has 1 N–H and O–H groups in total. The van der Waals surface area contributed by atoms with E-state index in [2.05, 4.69) is 37.2 Å². The number of hydrogen-bond donors (Lipinski definition) is 1. The molecule has 0 radical (unpaired) electrons. The molecule has 0 aliphatic heterocycles. The Bertz CT molecular complexity index is 660. The number of rotatable bonds is 4. The molecule has 0 aromatic heterocycles. The average Bonchev–Trinajstić information content (AvgIpc) is 2.41. The third-order valence-electron chi connectivity index (χ3n) is 2.90. The molecule has 0 heterocycles. The molecule has 2 aromatic carbocycles. The van der Waals surface area contributed by atoms with Crippen LogP contribution in [0.1, 0.15) is 11.1 Å². The largest absolute Gasteiger partial charge is 0.381 e. The summed E-state index contributed by atoms with van der Waals surface area (Å²) in [6.45, 7) is 2.41. The molecule has 0 amide bonds. The summed E-state index contributed by atoms with van der Waals surface area (Å²) in [5, 5.41) is 14.2. The van der Waals surface area contributed by atoms with Crippen LogP contribution in [0.25, 0.3) is 0 Å². The van der Waals surface area contributed by atoms with Gasteiger partial charge in [0.05, 0.1) is 4.92 Å². The Labute approximate surface area is 133 Å². The molecule has 0 saturated carbocycles. The second kappa shape index (κ2) is 6.37. The van der Waals surface area contributed by atoms with E-state index < -0.39 is 0 Å². The van der Waals surface area contributed by atoms with E-state index >= 15 is 0 Å². The van der Waals surface area contributed by atoms with E-state index in [1.807, 2.05) is 25.1 Å². The topological polar surface area (TPSA) is 55.2 Å². The van der Waals surface area contributed by atoms with E-state index in [-0.39, 0.29) is 10.6 Å². The van der Waals surface area contributed by atoms with Crippen LogP contribution in [0.2, 0.25) is 0 Å². The van der Waals surface area contributed by atoms with Gasteiger partial charge in [0.1, 0.15) is 0 Å². The molecule has 0 bridgehead atoms. The fourth-order valence-corrected chi connectivity index (χ4v) is 2.48. The van der Waals surface area contributed by atoms with Crippen molar-refractivity contribution in [1.82, 2.24) is 0 Å². The number of hydrogen-bond acceptors (Lipinski definition) is 3. The quantitative estimate of drug-likeness (QED) is 0.578. The van der Waals surface area contributed by atoms with Gasteiger partial charge in [-0.1, -0.05) is 37.9 Å². The van der Waals surface area contributed by atoms with Gasteiger partial charge in [-0.3, -0.25) is 10.1 Å². The molecule has 2 aromatic rings. The summed E-state index contributed by atoms with van der Waals surface area (Å²) in [6, 6.07) is 11.0. The average molecular weight is 400 g/mol. The van der Waals surface area contributed by atoms with Gasteiger partial charge in [-0.25, -0.2) is 0 Å². The molecule has 0 fully saturated rings. The molecule has 6 heteroatoms. The SMILES string of the molecule is Cc1ccc(NCc2ccc(Br)cc2[N+](=O)[O-])cc1Br. The zero-order chi connectivity index (χ0) is 14.7. The Balaban J connectivity index is 2.18. The molecule has 2 rings (SSSR count). The van der Waals surface area contributed by atoms with Gasteiger partial charge in [-0.05, 0) is 36.8 Å². The van der Waals surface area contributed by atoms with E-state index in [0.29, 0.717) is 16.6 Å². The van der Waals surface area contributed by atoms with E-state index in [0.717, 1.165) is 15.7 Å². The summed E-state index contributed by atoms with van der Waals surface area (Å²) in [4.78, 5) is 10.7. The summed E-state index contributed by atoms with van der Waals surface area (Å²) < 4.78 is 1.71. The maximum Gasteiger partial charge on any atom is 0.275 e. The summed E-state index contributed by atoms with van der Waals surface area (Å²) in [7, 11) is 0. The number of nitrogens with zero attached hydrogens (tertiary/aromatic N) is 1. The number of nitro groups is 1. The van der Waals surface area contributed by atoms with Crippen molar-refractivity contribution in [2.45, 2.75) is 13.5 Å². The highest BCUT2D eigenvalue weighted by atomic mass is 79.9. The minimum atomic E-state index is -0.368. The first-order valence-corrected chi connectivity index (χ1v) is 7.49. The monoisotopic (exact) mass is 398 g/mol. The van der Waals surface area contributed by atoms with Gasteiger partial charge in [0.25, 0.3) is 5.69 Å². The molecular formula is C14H12Br2N2O2. The fraction of sp³-hybridized carbons (Fsp3) is 0.143. The van der Waals surface area contributed by atoms with Crippen LogP contribution < -0.4 is 5.32 Å². The lowest BCUT2D eigenvalue weighted by molar-refractivity contribution is -0.385. The molecule has 0 aliphatic carbocycles. The normalized spacial score (nSPS) is 10.3. The van der Waals surface area contributed by atoms with Crippen LogP contribution in [0.3, 0.4) is 0 Å². The van der Waals surface area contributed by atoms with Crippen molar-refractivity contribution in [1.29, 1.82) is 0 Å². The maximum absolute atomic E-state index is 11.0. The van der Waals surface area contributed by atoms with Crippen molar-refractivity contribution in [3.05, 3.63) is 66.6 Å². The number of nitrogens with one attached hydrogen (secondary N) is 1. The first-order chi connectivity index (χ1) is 9.47. The van der Waals surface area contributed by atoms with Crippen LogP contribution in [0.15, 0.2) is 45.3 Å². The Hall–Kier alpha value is -1.40. The van der Waals surface area contributed by atoms with Crippen molar-refractivity contribution in [3.63, 3.8) is 0 Å². The Morgan fingerprint density at radius 2 is 1.95 bits per heavy atom. The number of benzene rings is 2. The van der Waals surface area contributed by atoms with E-state index in [1.54, 1.807) is 12.1 Å². The minimum absolute atomic E-state index is 0.109. The van der Waals surface area contributed by atoms with Crippen LogP contribution in [0.5, 0.6) is 0 Å². The van der Waals surface area contributed by atoms with Crippen LogP contribution in [0, 0.1) is 17.0 Å². The van der Waals surface area contributed by atoms with Gasteiger partial charge in [0, 0.05) is 32.8 Å². The lowest BCUT2D eigenvalue weighted by Gasteiger charge is -2.09. The first-order valence-electron chi connectivity index (χ1n) is 5.90. The molecule has 0 spiro atoms. The number of aryl methyl sites for hydroxylation is 1. The van der Waals surface area contributed by atoms with Crippen LogP contribution in [-0.2, 0) is 6.54 Å². The standard InChI is InChI=1S/C14H12Br2N2O2/c1-9-2-5-12(7-13(9)16)17-8-10-3-4-11(15)6-14(10)18(19)20/h2-7,17H,8H2,1H3. The minimum Gasteiger partial charge on any atom is -0.381 e. The van der Waals surface area contributed by atoms with E-state index in [1.165, 1.54) is 6.07 Å². The van der Waals surface area contributed by atoms with Crippen LogP contribution in [-0.4, -0.2) is 4.92 Å². The van der Waals surface area contributed by atoms with Gasteiger partial charge in [-0.2, -0.15) is 0 Å². The second-order valence-corrected chi connectivity index (χ2v) is 6.12. The van der Waals surface area contributed by atoms with E-state index in [9.17, 15) is 10.1 Å². The molecular weight excluding hydrogens is 388 g/mol. The molecule has 20 heavy (non-hydrogen) atoms. The molecule has 4 nitrogen and oxygen atoms in total. The lowest BCUT2D eigenvalue weighted by Crippen LogP contribution is -2.03. The zero-order valence-electron chi connectivity index (χ0n) is 10.7. The Kier molecular flexibility index (Phi) is 4.77. The van der Waals surface area contributed by atoms with Crippen molar-refractivity contribution in [3.8, 4) is 0 Å². The van der Waals surface area contributed by atoms with Gasteiger partial charge >= 0.3 is 0 Å². The molecule has 104 valence electrons. The number of nitro benzene ring substituents is 1. The van der Waals surface area contributed by atoms with E-state index in [4.69, 9.17) is 0 Å². The van der Waals surface area contributed by atoms with Gasteiger partial charge in [-0.15, -0.1) is 0 Å². The lowest BCUT2D eigenvalue weighted by atomic mass is 10.1. The summed E-state index contributed by atoms with van der Waals surface area (Å²) in [6.07, 6.45) is 0. The number of anilines is 1. The summed E-state index contributed by atoms with van der Waals surface area (Å²) in [5.74, 6) is 0.